The van der Waals surface area contributed by atoms with Crippen molar-refractivity contribution in [3.05, 3.63) is 69.8 Å². The Morgan fingerprint density at radius 3 is 2.59 bits per heavy atom. The van der Waals surface area contributed by atoms with Gasteiger partial charge < -0.3 is 15.5 Å². The number of nitrogens with zero attached hydrogens (tertiary/aromatic N) is 1. The predicted octanol–water partition coefficient (Wildman–Crippen LogP) is 4.68. The molecule has 1 spiro atoms. The van der Waals surface area contributed by atoms with E-state index < -0.39 is 23.5 Å². The van der Waals surface area contributed by atoms with Gasteiger partial charge in [-0.05, 0) is 42.7 Å². The van der Waals surface area contributed by atoms with Gasteiger partial charge >= 0.3 is 0 Å². The first-order chi connectivity index (χ1) is 16.1. The summed E-state index contributed by atoms with van der Waals surface area (Å²) in [7, 11) is 1.30. The number of hydrogen-bond acceptors (Lipinski definition) is 4. The van der Waals surface area contributed by atoms with Crippen LogP contribution >= 0.6 is 0 Å². The molecular weight excluding hydrogens is 454 g/mol. The van der Waals surface area contributed by atoms with Gasteiger partial charge in [-0.15, -0.1) is 0 Å². The lowest BCUT2D eigenvalue weighted by Gasteiger charge is -2.45. The van der Waals surface area contributed by atoms with Crippen molar-refractivity contribution in [3.63, 3.8) is 0 Å². The van der Waals surface area contributed by atoms with E-state index in [0.29, 0.717) is 17.5 Å². The smallest absolute Gasteiger partial charge is 0.268 e. The zero-order valence-corrected chi connectivity index (χ0v) is 18.3. The van der Waals surface area contributed by atoms with Crippen LogP contribution in [0.25, 0.3) is 10.9 Å². The number of rotatable bonds is 3. The summed E-state index contributed by atoms with van der Waals surface area (Å²) >= 11 is 0. The maximum absolute atomic E-state index is 13.7. The largest absolute Gasteiger partial charge is 0.493 e. The lowest BCUT2D eigenvalue weighted by atomic mass is 9.64. The Labute approximate surface area is 192 Å². The Morgan fingerprint density at radius 2 is 1.94 bits per heavy atom. The second-order valence-electron chi connectivity index (χ2n) is 8.92. The number of primary amides is 1. The number of ether oxygens (including phenoxy) is 1. The molecule has 1 atom stereocenters. The Kier molecular flexibility index (Phi) is 6.09. The number of amides is 1. The minimum atomic E-state index is -2.55. The van der Waals surface area contributed by atoms with Crippen molar-refractivity contribution in [3.8, 4) is 5.75 Å². The molecule has 2 aliphatic rings. The number of carbonyl (C=O) groups is 1. The second-order valence-corrected chi connectivity index (χ2v) is 8.92. The third-order valence-corrected chi connectivity index (χ3v) is 6.60. The van der Waals surface area contributed by atoms with Crippen molar-refractivity contribution in [2.24, 2.45) is 11.1 Å². The number of carbonyl (C=O) groups excluding carboxylic acids is 1. The number of alkyl halides is 2. The standard InChI is InChI=1S/C15H16F4O.C9H7N3O2/c1-20-13-10(2-3-11(16)12(13)17)9-4-5-14(6-9)7-15(18,19)8-14;10-9(14)8-7-5(1-3-12-8)11-4-2-6(7)13/h2-3,9H,4-8H2,1H3;1-4H,(H2,10,14)(H,11,13). The molecule has 2 aliphatic carbocycles. The maximum Gasteiger partial charge on any atom is 0.268 e. The summed E-state index contributed by atoms with van der Waals surface area (Å²) in [5.41, 5.74) is 5.67. The van der Waals surface area contributed by atoms with Gasteiger partial charge in [0.25, 0.3) is 5.91 Å². The van der Waals surface area contributed by atoms with Crippen LogP contribution in [0.1, 0.15) is 54.1 Å². The molecule has 0 bridgehead atoms. The molecule has 0 aliphatic heterocycles. The molecule has 6 nitrogen and oxygen atoms in total. The normalized spacial score (nSPS) is 19.9. The number of fused-ring (bicyclic) bond motifs is 1. The Balaban J connectivity index is 0.000000172. The van der Waals surface area contributed by atoms with Crippen LogP contribution in [0.4, 0.5) is 17.6 Å². The molecule has 10 heteroatoms. The van der Waals surface area contributed by atoms with E-state index in [4.69, 9.17) is 10.5 Å². The Morgan fingerprint density at radius 1 is 1.21 bits per heavy atom. The number of aromatic nitrogens is 2. The summed E-state index contributed by atoms with van der Waals surface area (Å²) in [6.45, 7) is 0. The number of pyridine rings is 2. The van der Waals surface area contributed by atoms with E-state index in [1.165, 1.54) is 31.6 Å². The number of benzene rings is 1. The minimum absolute atomic E-state index is 0.00403. The first-order valence-electron chi connectivity index (χ1n) is 10.7. The molecule has 5 rings (SSSR count). The molecule has 34 heavy (non-hydrogen) atoms. The lowest BCUT2D eigenvalue weighted by Crippen LogP contribution is -2.44. The van der Waals surface area contributed by atoms with E-state index in [1.807, 2.05) is 0 Å². The van der Waals surface area contributed by atoms with E-state index in [-0.39, 0.29) is 46.4 Å². The van der Waals surface area contributed by atoms with E-state index in [0.717, 1.165) is 18.9 Å². The number of aromatic amines is 1. The lowest BCUT2D eigenvalue weighted by molar-refractivity contribution is -0.158. The fourth-order valence-corrected chi connectivity index (χ4v) is 5.22. The molecule has 0 radical (unpaired) electrons. The molecule has 2 fully saturated rings. The molecule has 2 heterocycles. The topological polar surface area (TPSA) is 98.1 Å². The monoisotopic (exact) mass is 477 g/mol. The SMILES string of the molecule is COc1c(C2CCC3(C2)CC(F)(F)C3)ccc(F)c1F.NC(=O)c1nccc2[nH]ccc(=O)c12. The first kappa shape index (κ1) is 23.7. The van der Waals surface area contributed by atoms with Crippen molar-refractivity contribution in [2.45, 2.75) is 43.9 Å². The van der Waals surface area contributed by atoms with Crippen molar-refractivity contribution < 1.29 is 27.1 Å². The average Bonchev–Trinajstić information content (AvgIpc) is 3.19. The second kappa shape index (κ2) is 8.73. The highest BCUT2D eigenvalue weighted by Crippen LogP contribution is 2.63. The summed E-state index contributed by atoms with van der Waals surface area (Å²) in [5.74, 6) is -5.31. The predicted molar refractivity (Wildman–Crippen MR) is 117 cm³/mol. The van der Waals surface area contributed by atoms with Gasteiger partial charge in [0, 0.05) is 36.9 Å². The van der Waals surface area contributed by atoms with Crippen molar-refractivity contribution in [1.82, 2.24) is 9.97 Å². The number of H-pyrrole nitrogens is 1. The van der Waals surface area contributed by atoms with Crippen LogP contribution in [0.2, 0.25) is 0 Å². The van der Waals surface area contributed by atoms with Crippen LogP contribution in [0, 0.1) is 17.0 Å². The van der Waals surface area contributed by atoms with Gasteiger partial charge in [0.1, 0.15) is 5.69 Å². The highest BCUT2D eigenvalue weighted by atomic mass is 19.3. The van der Waals surface area contributed by atoms with Gasteiger partial charge in [0.05, 0.1) is 18.0 Å². The third kappa shape index (κ3) is 4.36. The molecule has 1 amide bonds. The van der Waals surface area contributed by atoms with Gasteiger partial charge in [-0.1, -0.05) is 6.07 Å². The number of nitrogens with two attached hydrogens (primary N) is 1. The molecule has 3 aromatic rings. The molecule has 2 saturated carbocycles. The molecular formula is C24H23F4N3O3. The summed E-state index contributed by atoms with van der Waals surface area (Å²) in [6.07, 6.45) is 4.82. The van der Waals surface area contributed by atoms with Crippen LogP contribution in [-0.2, 0) is 0 Å². The molecule has 1 unspecified atom stereocenters. The summed E-state index contributed by atoms with van der Waals surface area (Å²) in [6, 6.07) is 5.53. The third-order valence-electron chi connectivity index (χ3n) is 6.60. The molecule has 3 N–H and O–H groups in total. The highest BCUT2D eigenvalue weighted by molar-refractivity contribution is 6.03. The van der Waals surface area contributed by atoms with Gasteiger partial charge in [0.15, 0.2) is 17.0 Å². The van der Waals surface area contributed by atoms with E-state index in [1.54, 1.807) is 6.07 Å². The number of nitrogens with one attached hydrogen (secondary N) is 1. The summed E-state index contributed by atoms with van der Waals surface area (Å²) in [4.78, 5) is 29.0. The molecule has 2 aromatic heterocycles. The van der Waals surface area contributed by atoms with Gasteiger partial charge in [-0.3, -0.25) is 14.6 Å². The quantitative estimate of drug-likeness (QED) is 0.536. The van der Waals surface area contributed by atoms with Crippen molar-refractivity contribution in [2.75, 3.05) is 7.11 Å². The minimum Gasteiger partial charge on any atom is -0.493 e. The Hall–Kier alpha value is -3.43. The molecule has 1 aromatic carbocycles. The van der Waals surface area contributed by atoms with Crippen LogP contribution in [0.15, 0.2) is 41.5 Å². The number of halogens is 4. The number of methoxy groups -OCH3 is 1. The average molecular weight is 477 g/mol. The van der Waals surface area contributed by atoms with Gasteiger partial charge in [-0.2, -0.15) is 4.39 Å². The Bertz CT molecular complexity index is 1300. The zero-order chi connectivity index (χ0) is 24.7. The van der Waals surface area contributed by atoms with Crippen LogP contribution in [0.5, 0.6) is 5.75 Å². The highest BCUT2D eigenvalue weighted by Gasteiger charge is 2.58. The molecule has 180 valence electrons. The fourth-order valence-electron chi connectivity index (χ4n) is 5.22. The van der Waals surface area contributed by atoms with Gasteiger partial charge in [0.2, 0.25) is 11.7 Å². The van der Waals surface area contributed by atoms with Crippen LogP contribution < -0.4 is 15.9 Å². The fraction of sp³-hybridized carbons (Fsp3) is 0.375. The van der Waals surface area contributed by atoms with Crippen LogP contribution in [-0.4, -0.2) is 28.9 Å². The van der Waals surface area contributed by atoms with Crippen LogP contribution in [0.3, 0.4) is 0 Å². The summed E-state index contributed by atoms with van der Waals surface area (Å²) < 4.78 is 58.1. The van der Waals surface area contributed by atoms with E-state index >= 15 is 0 Å². The zero-order valence-electron chi connectivity index (χ0n) is 18.3. The van der Waals surface area contributed by atoms with E-state index in [2.05, 4.69) is 9.97 Å². The van der Waals surface area contributed by atoms with Crippen molar-refractivity contribution >= 4 is 16.8 Å². The first-order valence-corrected chi connectivity index (χ1v) is 10.7. The van der Waals surface area contributed by atoms with E-state index in [9.17, 15) is 27.2 Å². The van der Waals surface area contributed by atoms with Crippen molar-refractivity contribution in [1.29, 1.82) is 0 Å². The summed E-state index contributed by atoms with van der Waals surface area (Å²) in [5, 5.41) is 0.238. The number of hydrogen-bond donors (Lipinski definition) is 2. The maximum atomic E-state index is 13.7. The van der Waals surface area contributed by atoms with Gasteiger partial charge in [-0.25, -0.2) is 13.2 Å². The molecule has 0 saturated heterocycles.